The third-order valence-corrected chi connectivity index (χ3v) is 1.91. The summed E-state index contributed by atoms with van der Waals surface area (Å²) in [6.45, 7) is 0. The first-order valence-electron chi connectivity index (χ1n) is 2.20. The van der Waals surface area contributed by atoms with Crippen LogP contribution in [0.5, 0.6) is 0 Å². The summed E-state index contributed by atoms with van der Waals surface area (Å²) >= 11 is 0. The first-order valence-corrected chi connectivity index (χ1v) is 6.59. The Bertz CT molecular complexity index is 313. The minimum absolute atomic E-state index is 0. The summed E-state index contributed by atoms with van der Waals surface area (Å²) in [6, 6.07) is 0. The average Bonchev–Trinajstić information content (AvgIpc) is 1.42. The third kappa shape index (κ3) is 49.5. The van der Waals surface area contributed by atoms with Crippen LogP contribution in [0.2, 0.25) is 0 Å². The Morgan fingerprint density at radius 2 is 1.07 bits per heavy atom. The van der Waals surface area contributed by atoms with Gasteiger partial charge >= 0.3 is 67.0 Å². The molecule has 15 heavy (non-hydrogen) atoms. The molecule has 0 aromatic heterocycles. The van der Waals surface area contributed by atoms with E-state index in [9.17, 15) is 9.13 Å². The Labute approximate surface area is 126 Å². The predicted octanol–water partition coefficient (Wildman–Crippen LogP) is -5.15. The van der Waals surface area contributed by atoms with Crippen molar-refractivity contribution in [2.75, 3.05) is 0 Å². The molecule has 0 aliphatic rings. The van der Waals surface area contributed by atoms with Crippen molar-refractivity contribution in [2.24, 2.45) is 0 Å². The molecule has 11 nitrogen and oxygen atoms in total. The first-order chi connectivity index (χ1) is 5.71. The second kappa shape index (κ2) is 7.97. The Kier molecular flexibility index (Phi) is 11.7. The van der Waals surface area contributed by atoms with E-state index in [2.05, 4.69) is 4.31 Å². The van der Waals surface area contributed by atoms with Crippen molar-refractivity contribution in [3.63, 3.8) is 0 Å². The van der Waals surface area contributed by atoms with E-state index in [1.807, 2.05) is 0 Å². The van der Waals surface area contributed by atoms with Crippen LogP contribution in [-0.4, -0.2) is 37.1 Å². The van der Waals surface area contributed by atoms with E-state index in [4.69, 9.17) is 37.1 Å². The molecule has 0 bridgehead atoms. The van der Waals surface area contributed by atoms with Crippen LogP contribution in [-0.2, 0) is 23.8 Å². The second-order valence-electron chi connectivity index (χ2n) is 1.47. The molecule has 0 rings (SSSR count). The van der Waals surface area contributed by atoms with Gasteiger partial charge in [-0.15, -0.1) is 0 Å². The maximum absolute atomic E-state index is 9.63. The molecule has 0 spiro atoms. The molecule has 0 aliphatic carbocycles. The third-order valence-electron chi connectivity index (χ3n) is 0.213. The summed E-state index contributed by atoms with van der Waals surface area (Å²) in [4.78, 5) is 31.0. The molecule has 0 saturated heterocycles. The van der Waals surface area contributed by atoms with Crippen molar-refractivity contribution in [2.45, 2.75) is 0 Å². The molecule has 0 amide bonds. The topological polar surface area (TPSA) is 205 Å². The van der Waals surface area contributed by atoms with E-state index in [0.717, 1.165) is 0 Å². The van der Waals surface area contributed by atoms with E-state index in [0.29, 0.717) is 0 Å². The number of hydrogen-bond acceptors (Lipinski definition) is 7. The smallest absolute Gasteiger partial charge is 0.759 e. The van der Waals surface area contributed by atoms with Crippen LogP contribution in [0.25, 0.3) is 0 Å². The zero-order chi connectivity index (χ0) is 12.2. The zero-order valence-corrected chi connectivity index (χ0v) is 12.7. The standard InChI is InChI=1S/K.H4O7P2.H2O4S/c;1-8(2,3)7-9(4,5)6;1-5(2,3)4/h;(H2,1,2,3)(H2,4,5,6);(H2,1,2,3,4)/q+1;;/p-2. The van der Waals surface area contributed by atoms with Crippen LogP contribution >= 0.6 is 15.6 Å². The summed E-state index contributed by atoms with van der Waals surface area (Å²) in [5, 5.41) is 0. The van der Waals surface area contributed by atoms with Crippen molar-refractivity contribution in [1.82, 2.24) is 0 Å². The molecule has 0 saturated carbocycles. The summed E-state index contributed by atoms with van der Waals surface area (Å²) in [6.07, 6.45) is 0. The minimum atomic E-state index is -5.17. The Morgan fingerprint density at radius 3 is 1.07 bits per heavy atom. The maximum Gasteiger partial charge on any atom is 1.00 e. The molecule has 0 radical (unpaired) electrons. The minimum Gasteiger partial charge on any atom is -0.759 e. The fourth-order valence-electron chi connectivity index (χ4n) is 0.139. The molecule has 0 fully saturated rings. The van der Waals surface area contributed by atoms with E-state index in [-0.39, 0.29) is 51.4 Å². The molecule has 0 aliphatic heterocycles. The van der Waals surface area contributed by atoms with Crippen molar-refractivity contribution in [1.29, 1.82) is 0 Å². The van der Waals surface area contributed by atoms with E-state index in [1.165, 1.54) is 0 Å². The molecular weight excluding hydrogens is 309 g/mol. The van der Waals surface area contributed by atoms with Gasteiger partial charge in [0, 0.05) is 10.4 Å². The molecule has 0 heterocycles. The van der Waals surface area contributed by atoms with Gasteiger partial charge in [0.1, 0.15) is 0 Å². The van der Waals surface area contributed by atoms with E-state index in [1.54, 1.807) is 0 Å². The van der Waals surface area contributed by atoms with Gasteiger partial charge in [-0.2, -0.15) is 4.31 Å². The van der Waals surface area contributed by atoms with Crippen LogP contribution in [0.4, 0.5) is 0 Å². The summed E-state index contributed by atoms with van der Waals surface area (Å²) in [5.74, 6) is 0. The molecule has 88 valence electrons. The largest absolute Gasteiger partial charge is 1.00 e. The molecule has 0 aromatic rings. The quantitative estimate of drug-likeness (QED) is 0.164. The van der Waals surface area contributed by atoms with Gasteiger partial charge in [0.15, 0.2) is 0 Å². The van der Waals surface area contributed by atoms with Gasteiger partial charge in [-0.05, 0) is 0 Å². The molecule has 0 aromatic carbocycles. The summed E-state index contributed by atoms with van der Waals surface area (Å²) in [5.41, 5.74) is 0. The number of phosphoric acid groups is 2. The van der Waals surface area contributed by atoms with Crippen LogP contribution in [0.3, 0.4) is 0 Å². The number of hydrogen-bond donors (Lipinski definition) is 4. The van der Waals surface area contributed by atoms with E-state index < -0.39 is 26.0 Å². The van der Waals surface area contributed by atoms with Crippen LogP contribution in [0, 0.1) is 0 Å². The molecule has 15 heteroatoms. The maximum atomic E-state index is 9.63. The Hall–Kier alpha value is 1.77. The van der Waals surface area contributed by atoms with Gasteiger partial charge in [0.25, 0.3) is 0 Å². The second-order valence-corrected chi connectivity index (χ2v) is 4.90. The molecular formula is H4KO11P2S-. The van der Waals surface area contributed by atoms with Gasteiger partial charge in [-0.25, -0.2) is 9.13 Å². The van der Waals surface area contributed by atoms with Crippen molar-refractivity contribution >= 4 is 26.0 Å². The fraction of sp³-hybridized carbons (Fsp3) is 0. The number of rotatable bonds is 2. The first kappa shape index (κ1) is 22.0. The monoisotopic (exact) mass is 313 g/mol. The molecule has 0 atom stereocenters. The average molecular weight is 313 g/mol. The van der Waals surface area contributed by atoms with Crippen molar-refractivity contribution < 1.29 is 102 Å². The van der Waals surface area contributed by atoms with Crippen LogP contribution in [0.1, 0.15) is 0 Å². The molecule has 4 N–H and O–H groups in total. The summed E-state index contributed by atoms with van der Waals surface area (Å²) < 4.78 is 56.3. The van der Waals surface area contributed by atoms with Gasteiger partial charge in [0.05, 0.1) is 0 Å². The van der Waals surface area contributed by atoms with Crippen molar-refractivity contribution in [3.8, 4) is 0 Å². The van der Waals surface area contributed by atoms with Gasteiger partial charge < -0.3 is 28.7 Å². The Balaban J connectivity index is -0.000000208. The van der Waals surface area contributed by atoms with Crippen LogP contribution < -0.4 is 51.4 Å². The van der Waals surface area contributed by atoms with Crippen molar-refractivity contribution in [3.05, 3.63) is 0 Å². The normalized spacial score (nSPS) is 12.1. The van der Waals surface area contributed by atoms with Gasteiger partial charge in [-0.1, -0.05) is 0 Å². The predicted molar refractivity (Wildman–Crippen MR) is 35.6 cm³/mol. The van der Waals surface area contributed by atoms with Gasteiger partial charge in [0.2, 0.25) is 0 Å². The Morgan fingerprint density at radius 1 is 0.933 bits per heavy atom. The van der Waals surface area contributed by atoms with Gasteiger partial charge in [-0.3, -0.25) is 8.42 Å². The van der Waals surface area contributed by atoms with E-state index >= 15 is 0 Å². The summed E-state index contributed by atoms with van der Waals surface area (Å²) in [7, 11) is -15.3. The van der Waals surface area contributed by atoms with Crippen LogP contribution in [0.15, 0.2) is 0 Å². The zero-order valence-electron chi connectivity index (χ0n) is 6.95. The fourth-order valence-corrected chi connectivity index (χ4v) is 1.25. The SMILES string of the molecule is O=P(O)(O)OP(=O)(O)O.O=S(=O)([O-])[O-].[K+]. The molecule has 0 unspecified atom stereocenters.